The van der Waals surface area contributed by atoms with Gasteiger partial charge in [-0.25, -0.2) is 0 Å². The van der Waals surface area contributed by atoms with Gasteiger partial charge in [0, 0.05) is 42.9 Å². The van der Waals surface area contributed by atoms with Crippen molar-refractivity contribution in [2.45, 2.75) is 19.3 Å². The van der Waals surface area contributed by atoms with Crippen molar-refractivity contribution in [1.82, 2.24) is 4.90 Å². The lowest BCUT2D eigenvalue weighted by atomic mass is 9.95. The summed E-state index contributed by atoms with van der Waals surface area (Å²) in [4.78, 5) is 37.6. The molecule has 1 aromatic carbocycles. The highest BCUT2D eigenvalue weighted by Crippen LogP contribution is 2.34. The zero-order valence-electron chi connectivity index (χ0n) is 15.8. The molecule has 0 atom stereocenters. The van der Waals surface area contributed by atoms with Crippen molar-refractivity contribution < 1.29 is 28.6 Å². The number of rotatable bonds is 7. The summed E-state index contributed by atoms with van der Waals surface area (Å²) in [6.45, 7) is 1.33. The van der Waals surface area contributed by atoms with Crippen LogP contribution in [0.2, 0.25) is 0 Å². The molecule has 0 spiro atoms. The van der Waals surface area contributed by atoms with E-state index in [2.05, 4.69) is 10.1 Å². The molecule has 2 heterocycles. The molecule has 1 aromatic rings. The maximum Gasteiger partial charge on any atom is 0.315 e. The highest BCUT2D eigenvalue weighted by molar-refractivity contribution is 7.99. The Labute approximate surface area is 167 Å². The molecule has 0 saturated carbocycles. The number of carbonyl (C=O) groups excluding carboxylic acids is 3. The van der Waals surface area contributed by atoms with E-state index in [1.54, 1.807) is 23.1 Å². The number of ether oxygens (including phenoxy) is 3. The number of fused-ring (bicyclic) bond motifs is 1. The Morgan fingerprint density at radius 3 is 2.71 bits per heavy atom. The Morgan fingerprint density at radius 2 is 1.96 bits per heavy atom. The van der Waals surface area contributed by atoms with E-state index < -0.39 is 0 Å². The van der Waals surface area contributed by atoms with Gasteiger partial charge < -0.3 is 24.4 Å². The van der Waals surface area contributed by atoms with E-state index in [4.69, 9.17) is 9.47 Å². The number of amides is 2. The monoisotopic (exact) mass is 408 g/mol. The minimum Gasteiger partial charge on any atom is -0.468 e. The van der Waals surface area contributed by atoms with Gasteiger partial charge in [-0.1, -0.05) is 0 Å². The van der Waals surface area contributed by atoms with Crippen LogP contribution in [0.25, 0.3) is 0 Å². The number of hydrogen-bond donors (Lipinski definition) is 1. The van der Waals surface area contributed by atoms with E-state index in [0.717, 1.165) is 0 Å². The fourth-order valence-corrected chi connectivity index (χ4v) is 3.89. The SMILES string of the molecule is COC(=O)CSCCC(=O)N1CCC(C(=O)Nc2ccc3c(c2)OCO3)CC1. The van der Waals surface area contributed by atoms with Gasteiger partial charge in [-0.15, -0.1) is 11.8 Å². The first-order valence-electron chi connectivity index (χ1n) is 9.19. The van der Waals surface area contributed by atoms with Crippen LogP contribution < -0.4 is 14.8 Å². The van der Waals surface area contributed by atoms with E-state index >= 15 is 0 Å². The summed E-state index contributed by atoms with van der Waals surface area (Å²) in [6.07, 6.45) is 1.66. The third kappa shape index (κ3) is 5.31. The highest BCUT2D eigenvalue weighted by Gasteiger charge is 2.27. The lowest BCUT2D eigenvalue weighted by molar-refractivity contribution is -0.137. The first-order chi connectivity index (χ1) is 13.6. The number of carbonyl (C=O) groups is 3. The van der Waals surface area contributed by atoms with E-state index in [9.17, 15) is 14.4 Å². The van der Waals surface area contributed by atoms with Crippen molar-refractivity contribution in [3.63, 3.8) is 0 Å². The second kappa shape index (κ2) is 9.68. The van der Waals surface area contributed by atoms with Crippen molar-refractivity contribution in [3.8, 4) is 11.5 Å². The molecule has 0 aromatic heterocycles. The van der Waals surface area contributed by atoms with Crippen LogP contribution in [0.15, 0.2) is 18.2 Å². The maximum absolute atomic E-state index is 12.5. The Bertz CT molecular complexity index is 733. The van der Waals surface area contributed by atoms with Gasteiger partial charge in [0.25, 0.3) is 0 Å². The summed E-state index contributed by atoms with van der Waals surface area (Å²) in [6, 6.07) is 5.32. The summed E-state index contributed by atoms with van der Waals surface area (Å²) in [5.41, 5.74) is 0.676. The summed E-state index contributed by atoms with van der Waals surface area (Å²) in [5, 5.41) is 2.92. The predicted molar refractivity (Wildman–Crippen MR) is 104 cm³/mol. The normalized spacial score (nSPS) is 16.0. The molecular formula is C19H24N2O6S. The summed E-state index contributed by atoms with van der Waals surface area (Å²) < 4.78 is 15.2. The number of anilines is 1. The average molecular weight is 408 g/mol. The van der Waals surface area contributed by atoms with Crippen molar-refractivity contribution >= 4 is 35.2 Å². The number of piperidine rings is 1. The zero-order valence-corrected chi connectivity index (χ0v) is 16.6. The molecule has 3 rings (SSSR count). The molecule has 9 heteroatoms. The first kappa shape index (κ1) is 20.3. The molecular weight excluding hydrogens is 384 g/mol. The standard InChI is InChI=1S/C19H24N2O6S/c1-25-18(23)11-28-9-6-17(22)21-7-4-13(5-8-21)19(24)20-14-2-3-15-16(10-14)27-12-26-15/h2-3,10,13H,4-9,11-12H2,1H3,(H,20,24). The van der Waals surface area contributed by atoms with Gasteiger partial charge >= 0.3 is 5.97 Å². The van der Waals surface area contributed by atoms with Crippen molar-refractivity contribution in [2.75, 3.05) is 43.8 Å². The molecule has 8 nitrogen and oxygen atoms in total. The van der Waals surface area contributed by atoms with Gasteiger partial charge in [0.05, 0.1) is 12.9 Å². The van der Waals surface area contributed by atoms with Gasteiger partial charge in [0.1, 0.15) is 0 Å². The quantitative estimate of drug-likeness (QED) is 0.544. The number of esters is 1. The van der Waals surface area contributed by atoms with Gasteiger partial charge in [-0.2, -0.15) is 0 Å². The minimum atomic E-state index is -0.285. The molecule has 0 unspecified atom stereocenters. The van der Waals surface area contributed by atoms with Crippen LogP contribution >= 0.6 is 11.8 Å². The van der Waals surface area contributed by atoms with Crippen LogP contribution in [0.1, 0.15) is 19.3 Å². The van der Waals surface area contributed by atoms with E-state index in [1.807, 2.05) is 0 Å². The molecule has 2 aliphatic heterocycles. The van der Waals surface area contributed by atoms with Crippen LogP contribution in [0.5, 0.6) is 11.5 Å². The van der Waals surface area contributed by atoms with Crippen molar-refractivity contribution in [3.05, 3.63) is 18.2 Å². The molecule has 2 aliphatic rings. The van der Waals surface area contributed by atoms with Crippen molar-refractivity contribution in [1.29, 1.82) is 0 Å². The van der Waals surface area contributed by atoms with Crippen LogP contribution in [0, 0.1) is 5.92 Å². The maximum atomic E-state index is 12.5. The number of nitrogens with zero attached hydrogens (tertiary/aromatic N) is 1. The van der Waals surface area contributed by atoms with Crippen LogP contribution in [0.4, 0.5) is 5.69 Å². The summed E-state index contributed by atoms with van der Waals surface area (Å²) >= 11 is 1.39. The third-order valence-electron chi connectivity index (χ3n) is 4.77. The molecule has 0 radical (unpaired) electrons. The molecule has 28 heavy (non-hydrogen) atoms. The molecule has 0 bridgehead atoms. The van der Waals surface area contributed by atoms with E-state index in [-0.39, 0.29) is 36.2 Å². The molecule has 152 valence electrons. The van der Waals surface area contributed by atoms with Crippen molar-refractivity contribution in [2.24, 2.45) is 5.92 Å². The first-order valence-corrected chi connectivity index (χ1v) is 10.3. The fraction of sp³-hybridized carbons (Fsp3) is 0.526. The smallest absolute Gasteiger partial charge is 0.315 e. The lowest BCUT2D eigenvalue weighted by Crippen LogP contribution is -2.41. The average Bonchev–Trinajstić information content (AvgIpc) is 3.18. The van der Waals surface area contributed by atoms with Gasteiger partial charge in [0.15, 0.2) is 11.5 Å². The van der Waals surface area contributed by atoms with Gasteiger partial charge in [-0.3, -0.25) is 14.4 Å². The number of likely N-dealkylation sites (tertiary alicyclic amines) is 1. The Hall–Kier alpha value is -2.42. The molecule has 1 fully saturated rings. The third-order valence-corrected chi connectivity index (χ3v) is 5.70. The second-order valence-corrected chi connectivity index (χ2v) is 7.70. The van der Waals surface area contributed by atoms with Crippen LogP contribution in [-0.4, -0.2) is 61.2 Å². The zero-order chi connectivity index (χ0) is 19.9. The number of benzene rings is 1. The Kier molecular flexibility index (Phi) is 7.02. The summed E-state index contributed by atoms with van der Waals surface area (Å²) in [5.74, 6) is 1.75. The topological polar surface area (TPSA) is 94.2 Å². The summed E-state index contributed by atoms with van der Waals surface area (Å²) in [7, 11) is 1.35. The molecule has 0 aliphatic carbocycles. The van der Waals surface area contributed by atoms with E-state index in [1.165, 1.54) is 18.9 Å². The molecule has 1 saturated heterocycles. The largest absolute Gasteiger partial charge is 0.468 e. The number of methoxy groups -OCH3 is 1. The number of hydrogen-bond acceptors (Lipinski definition) is 7. The van der Waals surface area contributed by atoms with Crippen LogP contribution in [-0.2, 0) is 19.1 Å². The Balaban J connectivity index is 1.39. The molecule has 2 amide bonds. The van der Waals surface area contributed by atoms with Gasteiger partial charge in [-0.05, 0) is 25.0 Å². The minimum absolute atomic E-state index is 0.0420. The second-order valence-electron chi connectivity index (χ2n) is 6.59. The van der Waals surface area contributed by atoms with E-state index in [0.29, 0.717) is 55.3 Å². The fourth-order valence-electron chi connectivity index (χ4n) is 3.14. The van der Waals surface area contributed by atoms with Crippen LogP contribution in [0.3, 0.4) is 0 Å². The highest BCUT2D eigenvalue weighted by atomic mass is 32.2. The molecule has 1 N–H and O–H groups in total. The number of thioether (sulfide) groups is 1. The Morgan fingerprint density at radius 1 is 1.21 bits per heavy atom. The van der Waals surface area contributed by atoms with Gasteiger partial charge in [0.2, 0.25) is 18.6 Å². The lowest BCUT2D eigenvalue weighted by Gasteiger charge is -2.31. The predicted octanol–water partition coefficient (Wildman–Crippen LogP) is 1.89. The number of nitrogens with one attached hydrogen (secondary N) is 1.